The maximum absolute atomic E-state index is 12.5. The van der Waals surface area contributed by atoms with Gasteiger partial charge < -0.3 is 15.1 Å². The summed E-state index contributed by atoms with van der Waals surface area (Å²) in [5.41, 5.74) is -0.295. The summed E-state index contributed by atoms with van der Waals surface area (Å²) >= 11 is 0. The summed E-state index contributed by atoms with van der Waals surface area (Å²) in [6.07, 6.45) is 3.43. The molecule has 1 aromatic heterocycles. The average molecular weight is 322 g/mol. The first kappa shape index (κ1) is 17.4. The lowest BCUT2D eigenvalue weighted by molar-refractivity contribution is -0.137. The zero-order chi connectivity index (χ0) is 17.0. The van der Waals surface area contributed by atoms with E-state index in [1.54, 1.807) is 6.92 Å². The Hall–Kier alpha value is -1.92. The lowest BCUT2D eigenvalue weighted by Crippen LogP contribution is -2.49. The second kappa shape index (κ2) is 7.10. The average Bonchev–Trinajstić information content (AvgIpc) is 2.88. The Bertz CT molecular complexity index is 562. The number of aromatic nitrogens is 2. The minimum Gasteiger partial charge on any atom is -0.424 e. The number of nitrogens with one attached hydrogen (secondary N) is 2. The molecule has 1 saturated carbocycles. The lowest BCUT2D eigenvalue weighted by Gasteiger charge is -2.32. The topological polar surface area (TPSA) is 97.1 Å². The highest BCUT2D eigenvalue weighted by Crippen LogP contribution is 2.31. The van der Waals surface area contributed by atoms with Gasteiger partial charge in [-0.3, -0.25) is 9.59 Å². The maximum Gasteiger partial charge on any atom is 0.235 e. The summed E-state index contributed by atoms with van der Waals surface area (Å²) < 4.78 is 5.25. The van der Waals surface area contributed by atoms with Crippen molar-refractivity contribution in [2.45, 2.75) is 65.5 Å². The Morgan fingerprint density at radius 3 is 2.26 bits per heavy atom. The van der Waals surface area contributed by atoms with E-state index in [4.69, 9.17) is 4.42 Å². The molecule has 1 fully saturated rings. The number of nitrogens with zero attached hydrogens (tertiary/aromatic N) is 2. The van der Waals surface area contributed by atoms with E-state index in [0.717, 1.165) is 25.7 Å². The first-order chi connectivity index (χ1) is 10.8. The number of carbonyl (C=O) groups excluding carboxylic acids is 2. The normalized spacial score (nSPS) is 21.7. The van der Waals surface area contributed by atoms with Crippen molar-refractivity contribution in [1.82, 2.24) is 20.8 Å². The van der Waals surface area contributed by atoms with E-state index >= 15 is 0 Å². The Balaban J connectivity index is 1.96. The van der Waals surface area contributed by atoms with Gasteiger partial charge in [0.2, 0.25) is 23.6 Å². The van der Waals surface area contributed by atoms with Crippen molar-refractivity contribution in [1.29, 1.82) is 0 Å². The third-order valence-electron chi connectivity index (χ3n) is 3.92. The monoisotopic (exact) mass is 322 g/mol. The Morgan fingerprint density at radius 2 is 1.74 bits per heavy atom. The van der Waals surface area contributed by atoms with Gasteiger partial charge in [0, 0.05) is 24.3 Å². The van der Waals surface area contributed by atoms with Gasteiger partial charge in [0.1, 0.15) is 0 Å². The fraction of sp³-hybridized carbons (Fsp3) is 0.750. The van der Waals surface area contributed by atoms with Crippen LogP contribution in [0.1, 0.15) is 58.2 Å². The molecule has 23 heavy (non-hydrogen) atoms. The summed E-state index contributed by atoms with van der Waals surface area (Å²) in [7, 11) is 0. The molecule has 0 saturated heterocycles. The third-order valence-corrected chi connectivity index (χ3v) is 3.92. The van der Waals surface area contributed by atoms with Crippen molar-refractivity contribution in [2.75, 3.05) is 0 Å². The Labute approximate surface area is 136 Å². The molecule has 1 heterocycles. The van der Waals surface area contributed by atoms with Gasteiger partial charge >= 0.3 is 0 Å². The van der Waals surface area contributed by atoms with Crippen LogP contribution in [-0.2, 0) is 16.1 Å². The van der Waals surface area contributed by atoms with Crippen LogP contribution in [0.4, 0.5) is 0 Å². The fourth-order valence-electron chi connectivity index (χ4n) is 2.92. The third kappa shape index (κ3) is 5.04. The summed E-state index contributed by atoms with van der Waals surface area (Å²) in [6, 6.07) is 0. The molecule has 0 spiro atoms. The van der Waals surface area contributed by atoms with E-state index in [9.17, 15) is 9.59 Å². The molecule has 1 aliphatic carbocycles. The van der Waals surface area contributed by atoms with Crippen LogP contribution in [0.15, 0.2) is 4.42 Å². The summed E-state index contributed by atoms with van der Waals surface area (Å²) in [5, 5.41) is 13.4. The number of rotatable bonds is 4. The predicted molar refractivity (Wildman–Crippen MR) is 84.2 cm³/mol. The van der Waals surface area contributed by atoms with E-state index in [0.29, 0.717) is 11.8 Å². The number of aryl methyl sites for hydroxylation is 1. The van der Waals surface area contributed by atoms with Crippen molar-refractivity contribution < 1.29 is 14.0 Å². The zero-order valence-electron chi connectivity index (χ0n) is 14.3. The fourth-order valence-corrected chi connectivity index (χ4v) is 2.92. The van der Waals surface area contributed by atoms with Crippen LogP contribution in [0, 0.1) is 18.8 Å². The minimum atomic E-state index is -0.296. The molecule has 128 valence electrons. The maximum atomic E-state index is 12.5. The highest BCUT2D eigenvalue weighted by Gasteiger charge is 2.36. The second-order valence-electron chi connectivity index (χ2n) is 7.17. The molecule has 0 bridgehead atoms. The Morgan fingerprint density at radius 1 is 1.13 bits per heavy atom. The Kier molecular flexibility index (Phi) is 5.38. The van der Waals surface area contributed by atoms with E-state index in [1.165, 1.54) is 0 Å². The molecule has 0 aliphatic heterocycles. The first-order valence-corrected chi connectivity index (χ1v) is 8.15. The number of hydrogen-bond acceptors (Lipinski definition) is 5. The molecule has 7 nitrogen and oxygen atoms in total. The molecule has 1 aromatic rings. The zero-order valence-corrected chi connectivity index (χ0v) is 14.3. The first-order valence-electron chi connectivity index (χ1n) is 8.15. The highest BCUT2D eigenvalue weighted by molar-refractivity contribution is 5.88. The van der Waals surface area contributed by atoms with Gasteiger partial charge in [-0.05, 0) is 33.6 Å². The smallest absolute Gasteiger partial charge is 0.235 e. The van der Waals surface area contributed by atoms with Crippen LogP contribution in [0.2, 0.25) is 0 Å². The molecule has 0 radical (unpaired) electrons. The molecule has 0 aromatic carbocycles. The van der Waals surface area contributed by atoms with Crippen molar-refractivity contribution >= 4 is 11.8 Å². The minimum absolute atomic E-state index is 0.0361. The van der Waals surface area contributed by atoms with Gasteiger partial charge in [-0.2, -0.15) is 0 Å². The van der Waals surface area contributed by atoms with Crippen molar-refractivity contribution in [3.05, 3.63) is 11.8 Å². The van der Waals surface area contributed by atoms with Crippen LogP contribution in [0.25, 0.3) is 0 Å². The lowest BCUT2D eigenvalue weighted by atomic mass is 9.77. The predicted octanol–water partition coefficient (Wildman–Crippen LogP) is 1.72. The number of amides is 2. The van der Waals surface area contributed by atoms with Gasteiger partial charge in [-0.25, -0.2) is 0 Å². The van der Waals surface area contributed by atoms with Crippen molar-refractivity contribution in [3.8, 4) is 0 Å². The quantitative estimate of drug-likeness (QED) is 0.879. The van der Waals surface area contributed by atoms with Crippen molar-refractivity contribution in [2.24, 2.45) is 11.8 Å². The summed E-state index contributed by atoms with van der Waals surface area (Å²) in [4.78, 5) is 25.0. The van der Waals surface area contributed by atoms with E-state index in [-0.39, 0.29) is 35.7 Å². The standard InChI is InChI=1S/C16H26N4O3/c1-10-19-20-13(23-10)9-17-14(21)11-7-5-6-8-12(11)15(22)18-16(2,3)4/h11-12H,5-9H2,1-4H3,(H,17,21)(H,18,22)/t11-,12+/m1/s1. The van der Waals surface area contributed by atoms with Crippen LogP contribution in [-0.4, -0.2) is 27.6 Å². The van der Waals surface area contributed by atoms with Gasteiger partial charge in [0.15, 0.2) is 0 Å². The van der Waals surface area contributed by atoms with Crippen LogP contribution < -0.4 is 10.6 Å². The molecule has 7 heteroatoms. The summed E-state index contributed by atoms with van der Waals surface area (Å²) in [5.74, 6) is 0.125. The number of hydrogen-bond donors (Lipinski definition) is 2. The molecular weight excluding hydrogens is 296 g/mol. The molecule has 0 unspecified atom stereocenters. The van der Waals surface area contributed by atoms with Gasteiger partial charge in [-0.1, -0.05) is 12.8 Å². The van der Waals surface area contributed by atoms with Gasteiger partial charge in [0.05, 0.1) is 6.54 Å². The molecule has 2 N–H and O–H groups in total. The molecule has 2 rings (SSSR count). The summed E-state index contributed by atoms with van der Waals surface area (Å²) in [6.45, 7) is 7.73. The number of carbonyl (C=O) groups is 2. The van der Waals surface area contributed by atoms with E-state index in [2.05, 4.69) is 20.8 Å². The van der Waals surface area contributed by atoms with Crippen LogP contribution in [0.3, 0.4) is 0 Å². The molecule has 1 aliphatic rings. The molecule has 2 amide bonds. The van der Waals surface area contributed by atoms with Gasteiger partial charge in [0.25, 0.3) is 0 Å². The van der Waals surface area contributed by atoms with Crippen molar-refractivity contribution in [3.63, 3.8) is 0 Å². The van der Waals surface area contributed by atoms with E-state index < -0.39 is 0 Å². The van der Waals surface area contributed by atoms with Gasteiger partial charge in [-0.15, -0.1) is 10.2 Å². The largest absolute Gasteiger partial charge is 0.424 e. The molecule has 2 atom stereocenters. The van der Waals surface area contributed by atoms with E-state index in [1.807, 2.05) is 20.8 Å². The van der Waals surface area contributed by atoms with Crippen LogP contribution >= 0.6 is 0 Å². The highest BCUT2D eigenvalue weighted by atomic mass is 16.4. The molecular formula is C16H26N4O3. The SMILES string of the molecule is Cc1nnc(CNC(=O)[C@@H]2CCCC[C@@H]2C(=O)NC(C)(C)C)o1. The van der Waals surface area contributed by atoms with Crippen LogP contribution in [0.5, 0.6) is 0 Å². The second-order valence-corrected chi connectivity index (χ2v) is 7.17.